The molecule has 2 aromatic carbocycles. The van der Waals surface area contributed by atoms with Crippen LogP contribution in [0.4, 0.5) is 0 Å². The number of aliphatic carboxylic acids is 1. The molecule has 2 N–H and O–H groups in total. The van der Waals surface area contributed by atoms with Crippen LogP contribution in [0.15, 0.2) is 60.2 Å². The van der Waals surface area contributed by atoms with E-state index in [9.17, 15) is 19.5 Å². The van der Waals surface area contributed by atoms with Crippen LogP contribution in [0, 0.1) is 0 Å². The van der Waals surface area contributed by atoms with Gasteiger partial charge in [0, 0.05) is 12.0 Å². The summed E-state index contributed by atoms with van der Waals surface area (Å²) >= 11 is 0. The summed E-state index contributed by atoms with van der Waals surface area (Å²) in [6, 6.07) is 10.3. The van der Waals surface area contributed by atoms with Gasteiger partial charge in [0.05, 0.1) is 11.1 Å². The van der Waals surface area contributed by atoms with Crippen LogP contribution in [0.5, 0.6) is 11.5 Å². The average molecular weight is 420 g/mol. The van der Waals surface area contributed by atoms with E-state index in [0.29, 0.717) is 28.9 Å². The Hall–Kier alpha value is -3.71. The zero-order chi connectivity index (χ0) is 22.0. The summed E-state index contributed by atoms with van der Waals surface area (Å²) < 4.78 is 11.3. The molecular formula is C24H20O7. The monoisotopic (exact) mass is 420 g/mol. The molecule has 1 unspecified atom stereocenters. The van der Waals surface area contributed by atoms with E-state index in [1.165, 1.54) is 6.08 Å². The van der Waals surface area contributed by atoms with Crippen molar-refractivity contribution in [1.29, 1.82) is 0 Å². The quantitative estimate of drug-likeness (QED) is 0.708. The van der Waals surface area contributed by atoms with Crippen molar-refractivity contribution < 1.29 is 34.1 Å². The molecule has 0 saturated heterocycles. The van der Waals surface area contributed by atoms with Crippen LogP contribution in [0.1, 0.15) is 31.8 Å². The predicted octanol–water partition coefficient (Wildman–Crippen LogP) is 2.55. The molecule has 1 atom stereocenters. The number of hydrogen-bond acceptors (Lipinski definition) is 6. The van der Waals surface area contributed by atoms with Gasteiger partial charge < -0.3 is 19.7 Å². The Kier molecular flexibility index (Phi) is 5.68. The lowest BCUT2D eigenvalue weighted by atomic mass is 9.90. The van der Waals surface area contributed by atoms with Gasteiger partial charge in [0.1, 0.15) is 30.8 Å². The highest BCUT2D eigenvalue weighted by Gasteiger charge is 2.25. The fraction of sp³-hybridized carbons (Fsp3) is 0.208. The molecule has 7 nitrogen and oxygen atoms in total. The van der Waals surface area contributed by atoms with Crippen molar-refractivity contribution in [2.45, 2.75) is 18.9 Å². The number of allylic oxidation sites excluding steroid dienone is 3. The summed E-state index contributed by atoms with van der Waals surface area (Å²) in [4.78, 5) is 35.8. The first-order valence-electron chi connectivity index (χ1n) is 9.80. The van der Waals surface area contributed by atoms with E-state index in [1.54, 1.807) is 36.4 Å². The number of carboxylic acids is 1. The number of ketones is 2. The van der Waals surface area contributed by atoms with Gasteiger partial charge in [0.25, 0.3) is 0 Å². The standard InChI is InChI=1S/C24H20O7/c25-17(12-30-20-8-2-5-14-4-1-7-18(26)22(14)20)13-31-21-9-3-6-15-10-16(24(28)29)11-19(27)23(15)21/h1-3,5-9,11,17,25H,4,10,12-13H2,(H,28,29). The van der Waals surface area contributed by atoms with E-state index < -0.39 is 17.9 Å². The summed E-state index contributed by atoms with van der Waals surface area (Å²) in [5, 5.41) is 19.5. The first-order chi connectivity index (χ1) is 14.9. The van der Waals surface area contributed by atoms with Crippen molar-refractivity contribution in [2.75, 3.05) is 13.2 Å². The summed E-state index contributed by atoms with van der Waals surface area (Å²) in [5.41, 5.74) is 2.27. The molecule has 31 heavy (non-hydrogen) atoms. The number of carbonyl (C=O) groups is 3. The topological polar surface area (TPSA) is 110 Å². The number of ether oxygens (including phenoxy) is 2. The number of carbonyl (C=O) groups excluding carboxylic acids is 2. The zero-order valence-electron chi connectivity index (χ0n) is 16.5. The molecule has 0 aromatic heterocycles. The molecule has 0 amide bonds. The Morgan fingerprint density at radius 2 is 1.55 bits per heavy atom. The van der Waals surface area contributed by atoms with Gasteiger partial charge in [-0.2, -0.15) is 0 Å². The molecule has 0 bridgehead atoms. The molecule has 2 aliphatic carbocycles. The lowest BCUT2D eigenvalue weighted by Crippen LogP contribution is -2.26. The summed E-state index contributed by atoms with van der Waals surface area (Å²) in [6.45, 7) is -0.235. The number of fused-ring (bicyclic) bond motifs is 2. The van der Waals surface area contributed by atoms with Gasteiger partial charge in [0.15, 0.2) is 11.6 Å². The third-order valence-electron chi connectivity index (χ3n) is 5.15. The Morgan fingerprint density at radius 1 is 0.935 bits per heavy atom. The molecule has 0 aliphatic heterocycles. The smallest absolute Gasteiger partial charge is 0.332 e. The van der Waals surface area contributed by atoms with E-state index in [2.05, 4.69) is 0 Å². The predicted molar refractivity (Wildman–Crippen MR) is 111 cm³/mol. The van der Waals surface area contributed by atoms with Crippen LogP contribution in [-0.2, 0) is 17.6 Å². The van der Waals surface area contributed by atoms with Crippen molar-refractivity contribution in [3.05, 3.63) is 82.5 Å². The largest absolute Gasteiger partial charge is 0.490 e. The fourth-order valence-electron chi connectivity index (χ4n) is 3.69. The van der Waals surface area contributed by atoms with Gasteiger partial charge in [0.2, 0.25) is 0 Å². The molecule has 0 heterocycles. The van der Waals surface area contributed by atoms with E-state index >= 15 is 0 Å². The molecule has 4 rings (SSSR count). The van der Waals surface area contributed by atoms with Gasteiger partial charge >= 0.3 is 5.97 Å². The van der Waals surface area contributed by atoms with Gasteiger partial charge in [-0.3, -0.25) is 9.59 Å². The maximum atomic E-state index is 12.4. The van der Waals surface area contributed by atoms with Gasteiger partial charge in [-0.1, -0.05) is 30.3 Å². The van der Waals surface area contributed by atoms with E-state index in [1.807, 2.05) is 6.07 Å². The highest BCUT2D eigenvalue weighted by Crippen LogP contribution is 2.30. The lowest BCUT2D eigenvalue weighted by Gasteiger charge is -2.20. The Bertz CT molecular complexity index is 1130. The minimum absolute atomic E-state index is 0.0265. The van der Waals surface area contributed by atoms with E-state index in [0.717, 1.165) is 11.6 Å². The molecule has 0 saturated carbocycles. The Labute approximate surface area is 178 Å². The lowest BCUT2D eigenvalue weighted by molar-refractivity contribution is -0.132. The number of aliphatic hydroxyl groups excluding tert-OH is 1. The molecule has 7 heteroatoms. The highest BCUT2D eigenvalue weighted by molar-refractivity contribution is 6.13. The van der Waals surface area contributed by atoms with Crippen LogP contribution in [0.2, 0.25) is 0 Å². The van der Waals surface area contributed by atoms with Crippen molar-refractivity contribution in [3.8, 4) is 11.5 Å². The molecule has 2 aromatic rings. The van der Waals surface area contributed by atoms with E-state index in [-0.39, 0.29) is 36.7 Å². The number of hydrogen-bond donors (Lipinski definition) is 2. The first-order valence-corrected chi connectivity index (χ1v) is 9.80. The Balaban J connectivity index is 1.40. The summed E-state index contributed by atoms with van der Waals surface area (Å²) in [6.07, 6.45) is 4.17. The van der Waals surface area contributed by atoms with Gasteiger partial charge in [-0.05, 0) is 41.8 Å². The minimum Gasteiger partial charge on any atom is -0.490 e. The number of carboxylic acid groups (broad SMARTS) is 1. The molecule has 158 valence electrons. The molecule has 0 fully saturated rings. The third kappa shape index (κ3) is 4.27. The van der Waals surface area contributed by atoms with E-state index in [4.69, 9.17) is 14.6 Å². The van der Waals surface area contributed by atoms with Crippen LogP contribution in [0.25, 0.3) is 0 Å². The van der Waals surface area contributed by atoms with Gasteiger partial charge in [-0.25, -0.2) is 4.79 Å². The van der Waals surface area contributed by atoms with Crippen molar-refractivity contribution in [2.24, 2.45) is 0 Å². The molecule has 0 radical (unpaired) electrons. The summed E-state index contributed by atoms with van der Waals surface area (Å²) in [5.74, 6) is -1.02. The third-order valence-corrected chi connectivity index (χ3v) is 5.15. The molecule has 2 aliphatic rings. The van der Waals surface area contributed by atoms with Crippen molar-refractivity contribution in [3.63, 3.8) is 0 Å². The second-order valence-electron chi connectivity index (χ2n) is 7.34. The fourth-order valence-corrected chi connectivity index (χ4v) is 3.69. The van der Waals surface area contributed by atoms with Crippen LogP contribution >= 0.6 is 0 Å². The van der Waals surface area contributed by atoms with Gasteiger partial charge in [-0.15, -0.1) is 0 Å². The number of aliphatic hydroxyl groups is 1. The maximum Gasteiger partial charge on any atom is 0.332 e. The molecular weight excluding hydrogens is 400 g/mol. The maximum absolute atomic E-state index is 12.4. The normalized spacial score (nSPS) is 15.6. The highest BCUT2D eigenvalue weighted by atomic mass is 16.5. The number of benzene rings is 2. The van der Waals surface area contributed by atoms with Crippen LogP contribution in [-0.4, -0.2) is 47.1 Å². The second kappa shape index (κ2) is 8.57. The van der Waals surface area contributed by atoms with Crippen molar-refractivity contribution in [1.82, 2.24) is 0 Å². The van der Waals surface area contributed by atoms with Crippen molar-refractivity contribution >= 4 is 17.5 Å². The van der Waals surface area contributed by atoms with Crippen LogP contribution < -0.4 is 9.47 Å². The summed E-state index contributed by atoms with van der Waals surface area (Å²) in [7, 11) is 0. The number of rotatable bonds is 7. The molecule has 0 spiro atoms. The minimum atomic E-state index is -1.13. The zero-order valence-corrected chi connectivity index (χ0v) is 16.5. The SMILES string of the molecule is O=C(O)C1=CC(=O)c2c(cccc2OCC(O)COc2cccc3c2C(=O)C=CC3)C1. The first kappa shape index (κ1) is 20.6. The second-order valence-corrected chi connectivity index (χ2v) is 7.34. The average Bonchev–Trinajstić information content (AvgIpc) is 2.76. The van der Waals surface area contributed by atoms with Crippen LogP contribution in [0.3, 0.4) is 0 Å². The Morgan fingerprint density at radius 3 is 2.19 bits per heavy atom.